The van der Waals surface area contributed by atoms with E-state index < -0.39 is 0 Å². The van der Waals surface area contributed by atoms with Crippen molar-refractivity contribution < 1.29 is 0 Å². The Hall–Kier alpha value is -5.48. The zero-order valence-corrected chi connectivity index (χ0v) is 21.8. The van der Waals surface area contributed by atoms with Gasteiger partial charge in [-0.15, -0.1) is 0 Å². The van der Waals surface area contributed by atoms with Crippen molar-refractivity contribution in [2.75, 3.05) is 0 Å². The molecule has 4 nitrogen and oxygen atoms in total. The fraction of sp³-hybridized carbons (Fsp3) is 0. The van der Waals surface area contributed by atoms with E-state index in [2.05, 4.69) is 94.9 Å². The fourth-order valence-corrected chi connectivity index (χ4v) is 5.07. The summed E-state index contributed by atoms with van der Waals surface area (Å²) in [6, 6.07) is 49.8. The number of imidazole rings is 2. The summed E-state index contributed by atoms with van der Waals surface area (Å²) >= 11 is 0. The van der Waals surface area contributed by atoms with Gasteiger partial charge in [0, 0.05) is 33.4 Å². The van der Waals surface area contributed by atoms with Crippen LogP contribution in [0.2, 0.25) is 0 Å². The zero-order chi connectivity index (χ0) is 26.7. The Bertz CT molecular complexity index is 1730. The molecule has 2 aromatic heterocycles. The predicted molar refractivity (Wildman–Crippen MR) is 163 cm³/mol. The third-order valence-electron chi connectivity index (χ3n) is 7.04. The number of rotatable bonds is 6. The predicted octanol–water partition coefficient (Wildman–Crippen LogP) is 9.13. The summed E-state index contributed by atoms with van der Waals surface area (Å²) in [7, 11) is 0. The maximum Gasteiger partial charge on any atom is 0.138 e. The van der Waals surface area contributed by atoms with Crippen molar-refractivity contribution >= 4 is 0 Å². The van der Waals surface area contributed by atoms with Crippen LogP contribution in [0.25, 0.3) is 67.8 Å². The molecule has 7 rings (SSSR count). The van der Waals surface area contributed by atoms with E-state index in [-0.39, 0.29) is 0 Å². The van der Waals surface area contributed by atoms with Crippen LogP contribution in [0.5, 0.6) is 0 Å². The largest absolute Gasteiger partial charge is 0.337 e. The molecule has 5 aromatic carbocycles. The highest BCUT2D eigenvalue weighted by molar-refractivity contribution is 5.86. The third-order valence-corrected chi connectivity index (χ3v) is 7.04. The van der Waals surface area contributed by atoms with Gasteiger partial charge in [-0.2, -0.15) is 0 Å². The van der Waals surface area contributed by atoms with Crippen molar-refractivity contribution in [1.82, 2.24) is 19.9 Å². The van der Waals surface area contributed by atoms with E-state index >= 15 is 0 Å². The van der Waals surface area contributed by atoms with Crippen LogP contribution in [0.4, 0.5) is 0 Å². The van der Waals surface area contributed by atoms with Crippen LogP contribution in [0.1, 0.15) is 0 Å². The molecule has 0 saturated heterocycles. The molecule has 190 valence electrons. The summed E-state index contributed by atoms with van der Waals surface area (Å²) in [6.45, 7) is 0. The SMILES string of the molecule is c1ccc(-c2nc(-c3cccc(-c4[nH]c(-c5ccccc5)nc4-c4ccccc4)c3)c(-c3ccccc3)[nH]2)cc1. The molecular weight excluding hydrogens is 488 g/mol. The highest BCUT2D eigenvalue weighted by atomic mass is 14.9. The van der Waals surface area contributed by atoms with Crippen molar-refractivity contribution in [3.8, 4) is 67.8 Å². The van der Waals surface area contributed by atoms with Crippen LogP contribution in [0, 0.1) is 0 Å². The molecule has 0 radical (unpaired) electrons. The van der Waals surface area contributed by atoms with Gasteiger partial charge in [-0.25, -0.2) is 9.97 Å². The molecule has 0 aliphatic carbocycles. The maximum atomic E-state index is 5.11. The number of nitrogens with one attached hydrogen (secondary N) is 2. The smallest absolute Gasteiger partial charge is 0.138 e. The summed E-state index contributed by atoms with van der Waals surface area (Å²) < 4.78 is 0. The van der Waals surface area contributed by atoms with Gasteiger partial charge < -0.3 is 9.97 Å². The maximum absolute atomic E-state index is 5.11. The van der Waals surface area contributed by atoms with Crippen LogP contribution in [-0.2, 0) is 0 Å². The van der Waals surface area contributed by atoms with Gasteiger partial charge in [0.05, 0.1) is 22.8 Å². The minimum atomic E-state index is 0.843. The van der Waals surface area contributed by atoms with Crippen molar-refractivity contribution in [2.45, 2.75) is 0 Å². The number of hydrogen-bond acceptors (Lipinski definition) is 2. The second-order valence-corrected chi connectivity index (χ2v) is 9.66. The lowest BCUT2D eigenvalue weighted by Gasteiger charge is -2.07. The molecule has 0 aliphatic rings. The molecule has 0 unspecified atom stereocenters. The van der Waals surface area contributed by atoms with Crippen molar-refractivity contribution in [2.24, 2.45) is 0 Å². The van der Waals surface area contributed by atoms with Crippen LogP contribution in [-0.4, -0.2) is 19.9 Å². The molecule has 0 atom stereocenters. The normalized spacial score (nSPS) is 11.0. The van der Waals surface area contributed by atoms with E-state index in [0.717, 1.165) is 67.8 Å². The quantitative estimate of drug-likeness (QED) is 0.232. The topological polar surface area (TPSA) is 57.4 Å². The monoisotopic (exact) mass is 514 g/mol. The number of H-pyrrole nitrogens is 2. The number of aromatic nitrogens is 4. The van der Waals surface area contributed by atoms with E-state index in [1.54, 1.807) is 0 Å². The molecule has 2 N–H and O–H groups in total. The zero-order valence-electron chi connectivity index (χ0n) is 21.8. The van der Waals surface area contributed by atoms with E-state index in [9.17, 15) is 0 Å². The molecule has 0 aliphatic heterocycles. The number of aromatic amines is 2. The first-order chi connectivity index (χ1) is 19.8. The lowest BCUT2D eigenvalue weighted by atomic mass is 10.00. The van der Waals surface area contributed by atoms with Crippen molar-refractivity contribution in [3.05, 3.63) is 146 Å². The van der Waals surface area contributed by atoms with Gasteiger partial charge in [-0.1, -0.05) is 140 Å². The highest BCUT2D eigenvalue weighted by Gasteiger charge is 2.19. The summed E-state index contributed by atoms with van der Waals surface area (Å²) in [5.74, 6) is 1.69. The molecule has 0 spiro atoms. The highest BCUT2D eigenvalue weighted by Crippen LogP contribution is 2.37. The first kappa shape index (κ1) is 23.6. The van der Waals surface area contributed by atoms with Gasteiger partial charge in [0.15, 0.2) is 0 Å². The first-order valence-electron chi connectivity index (χ1n) is 13.4. The molecular formula is C36H26N4. The Labute approximate surface area is 233 Å². The molecule has 0 fully saturated rings. The minimum Gasteiger partial charge on any atom is -0.337 e. The van der Waals surface area contributed by atoms with Gasteiger partial charge in [-0.3, -0.25) is 0 Å². The van der Waals surface area contributed by atoms with E-state index in [0.29, 0.717) is 0 Å². The van der Waals surface area contributed by atoms with Gasteiger partial charge >= 0.3 is 0 Å². The number of hydrogen-bond donors (Lipinski definition) is 2. The molecule has 0 saturated carbocycles. The molecule has 0 bridgehead atoms. The summed E-state index contributed by atoms with van der Waals surface area (Å²) in [5.41, 5.74) is 10.2. The summed E-state index contributed by atoms with van der Waals surface area (Å²) in [4.78, 5) is 17.4. The fourth-order valence-electron chi connectivity index (χ4n) is 5.07. The minimum absolute atomic E-state index is 0.843. The van der Waals surface area contributed by atoms with Crippen LogP contribution >= 0.6 is 0 Å². The van der Waals surface area contributed by atoms with Gasteiger partial charge in [0.2, 0.25) is 0 Å². The van der Waals surface area contributed by atoms with Crippen LogP contribution in [0.15, 0.2) is 146 Å². The van der Waals surface area contributed by atoms with Gasteiger partial charge in [0.25, 0.3) is 0 Å². The second kappa shape index (κ2) is 10.4. The lowest BCUT2D eigenvalue weighted by molar-refractivity contribution is 1.31. The Balaban J connectivity index is 1.39. The Morgan fingerprint density at radius 2 is 0.700 bits per heavy atom. The second-order valence-electron chi connectivity index (χ2n) is 9.66. The van der Waals surface area contributed by atoms with Crippen LogP contribution < -0.4 is 0 Å². The standard InChI is InChI=1S/C36H26N4/c1-5-14-25(15-6-1)31-33(39-35(37-31)27-18-9-3-10-19-27)29-22-13-23-30(24-29)34-32(26-16-7-2-8-17-26)38-36(40-34)28-20-11-4-12-21-28/h1-24H,(H,37,39)(H,38,40). The van der Waals surface area contributed by atoms with Crippen molar-refractivity contribution in [1.29, 1.82) is 0 Å². The number of nitrogens with zero attached hydrogens (tertiary/aromatic N) is 2. The molecule has 4 heteroatoms. The van der Waals surface area contributed by atoms with Crippen LogP contribution in [0.3, 0.4) is 0 Å². The molecule has 40 heavy (non-hydrogen) atoms. The lowest BCUT2D eigenvalue weighted by Crippen LogP contribution is -1.87. The molecule has 7 aromatic rings. The van der Waals surface area contributed by atoms with Gasteiger partial charge in [-0.05, 0) is 6.07 Å². The summed E-state index contributed by atoms with van der Waals surface area (Å²) in [6.07, 6.45) is 0. The van der Waals surface area contributed by atoms with Gasteiger partial charge in [0.1, 0.15) is 11.6 Å². The average Bonchev–Trinajstić information content (AvgIpc) is 3.69. The molecule has 0 amide bonds. The van der Waals surface area contributed by atoms with E-state index in [4.69, 9.17) is 9.97 Å². The average molecular weight is 515 g/mol. The van der Waals surface area contributed by atoms with Crippen molar-refractivity contribution in [3.63, 3.8) is 0 Å². The third kappa shape index (κ3) is 4.52. The molecule has 2 heterocycles. The first-order valence-corrected chi connectivity index (χ1v) is 13.4. The summed E-state index contributed by atoms with van der Waals surface area (Å²) in [5, 5.41) is 0. The van der Waals surface area contributed by atoms with E-state index in [1.807, 2.05) is 60.7 Å². The Morgan fingerprint density at radius 1 is 0.325 bits per heavy atom. The van der Waals surface area contributed by atoms with E-state index in [1.165, 1.54) is 0 Å². The number of benzene rings is 5. The Kier molecular flexibility index (Phi) is 6.11. The Morgan fingerprint density at radius 3 is 1.23 bits per heavy atom.